The Morgan fingerprint density at radius 3 is 2.80 bits per heavy atom. The van der Waals surface area contributed by atoms with E-state index in [0.717, 1.165) is 11.3 Å². The van der Waals surface area contributed by atoms with Crippen LogP contribution in [0.5, 0.6) is 5.75 Å². The van der Waals surface area contributed by atoms with Gasteiger partial charge in [-0.1, -0.05) is 11.6 Å². The first kappa shape index (κ1) is 14.8. The van der Waals surface area contributed by atoms with Crippen LogP contribution in [0.2, 0.25) is 5.15 Å². The number of anilines is 1. The van der Waals surface area contributed by atoms with Gasteiger partial charge in [-0.25, -0.2) is 4.98 Å². The molecule has 0 spiro atoms. The maximum absolute atomic E-state index is 12.2. The SMILES string of the molecule is COc1ccc(NC(=O)c2cc(Br)cnc2Cl)cc1C. The van der Waals surface area contributed by atoms with Crippen molar-refractivity contribution in [3.05, 3.63) is 51.2 Å². The molecule has 1 aromatic heterocycles. The molecule has 0 aliphatic carbocycles. The number of rotatable bonds is 3. The molecule has 0 atom stereocenters. The van der Waals surface area contributed by atoms with E-state index in [9.17, 15) is 4.79 Å². The summed E-state index contributed by atoms with van der Waals surface area (Å²) in [6.45, 7) is 1.90. The Kier molecular flexibility index (Phi) is 4.62. The predicted molar refractivity (Wildman–Crippen MR) is 82.6 cm³/mol. The standard InChI is InChI=1S/C14H12BrClN2O2/c1-8-5-10(3-4-12(8)20-2)18-14(19)11-6-9(15)7-17-13(11)16/h3-7H,1-2H3,(H,18,19). The summed E-state index contributed by atoms with van der Waals surface area (Å²) in [7, 11) is 1.60. The molecule has 20 heavy (non-hydrogen) atoms. The van der Waals surface area contributed by atoms with Gasteiger partial charge in [-0.15, -0.1) is 0 Å². The van der Waals surface area contributed by atoms with Gasteiger partial charge in [0.15, 0.2) is 0 Å². The van der Waals surface area contributed by atoms with E-state index < -0.39 is 0 Å². The second kappa shape index (κ2) is 6.24. The number of amides is 1. The monoisotopic (exact) mass is 354 g/mol. The average Bonchev–Trinajstić information content (AvgIpc) is 2.41. The second-order valence-electron chi connectivity index (χ2n) is 4.13. The first-order valence-corrected chi connectivity index (χ1v) is 6.95. The van der Waals surface area contributed by atoms with Crippen LogP contribution in [0, 0.1) is 6.92 Å². The van der Waals surface area contributed by atoms with Crippen molar-refractivity contribution < 1.29 is 9.53 Å². The van der Waals surface area contributed by atoms with E-state index in [-0.39, 0.29) is 11.1 Å². The third-order valence-electron chi connectivity index (χ3n) is 2.70. The Hall–Kier alpha value is -1.59. The van der Waals surface area contributed by atoms with Gasteiger partial charge in [0, 0.05) is 16.4 Å². The van der Waals surface area contributed by atoms with E-state index in [2.05, 4.69) is 26.2 Å². The highest BCUT2D eigenvalue weighted by Gasteiger charge is 2.13. The summed E-state index contributed by atoms with van der Waals surface area (Å²) in [5.74, 6) is 0.457. The van der Waals surface area contributed by atoms with E-state index in [1.165, 1.54) is 6.20 Å². The lowest BCUT2D eigenvalue weighted by Gasteiger charge is -2.09. The zero-order chi connectivity index (χ0) is 14.7. The third-order valence-corrected chi connectivity index (χ3v) is 3.44. The van der Waals surface area contributed by atoms with Crippen LogP contribution in [0.1, 0.15) is 15.9 Å². The van der Waals surface area contributed by atoms with Crippen LogP contribution in [0.15, 0.2) is 34.9 Å². The molecule has 0 saturated carbocycles. The molecule has 104 valence electrons. The Morgan fingerprint density at radius 1 is 1.40 bits per heavy atom. The van der Waals surface area contributed by atoms with Gasteiger partial charge in [-0.2, -0.15) is 0 Å². The molecule has 0 radical (unpaired) electrons. The van der Waals surface area contributed by atoms with Gasteiger partial charge in [-0.05, 0) is 52.7 Å². The Morgan fingerprint density at radius 2 is 2.15 bits per heavy atom. The Bertz CT molecular complexity index is 662. The number of aryl methyl sites for hydroxylation is 1. The van der Waals surface area contributed by atoms with Crippen molar-refractivity contribution in [2.45, 2.75) is 6.92 Å². The van der Waals surface area contributed by atoms with Crippen molar-refractivity contribution in [3.8, 4) is 5.75 Å². The van der Waals surface area contributed by atoms with Crippen molar-refractivity contribution in [3.63, 3.8) is 0 Å². The average molecular weight is 356 g/mol. The number of carbonyl (C=O) groups excluding carboxylic acids is 1. The van der Waals surface area contributed by atoms with Crippen molar-refractivity contribution >= 4 is 39.1 Å². The van der Waals surface area contributed by atoms with Crippen LogP contribution in [0.4, 0.5) is 5.69 Å². The normalized spacial score (nSPS) is 10.2. The molecule has 1 heterocycles. The lowest BCUT2D eigenvalue weighted by atomic mass is 10.2. The molecular formula is C14H12BrClN2O2. The highest BCUT2D eigenvalue weighted by atomic mass is 79.9. The number of carbonyl (C=O) groups is 1. The topological polar surface area (TPSA) is 51.2 Å². The van der Waals surface area contributed by atoms with Crippen molar-refractivity contribution in [1.29, 1.82) is 0 Å². The van der Waals surface area contributed by atoms with Crippen LogP contribution in [-0.2, 0) is 0 Å². The Labute approximate surface area is 130 Å². The second-order valence-corrected chi connectivity index (χ2v) is 5.40. The van der Waals surface area contributed by atoms with Crippen molar-refractivity contribution in [2.24, 2.45) is 0 Å². The molecule has 4 nitrogen and oxygen atoms in total. The van der Waals surface area contributed by atoms with Crippen molar-refractivity contribution in [1.82, 2.24) is 4.98 Å². The summed E-state index contributed by atoms with van der Waals surface area (Å²) in [6.07, 6.45) is 1.54. The number of benzene rings is 1. The fourth-order valence-corrected chi connectivity index (χ4v) is 2.26. The maximum Gasteiger partial charge on any atom is 0.258 e. The van der Waals surface area contributed by atoms with Gasteiger partial charge < -0.3 is 10.1 Å². The van der Waals surface area contributed by atoms with E-state index in [1.807, 2.05) is 13.0 Å². The molecule has 0 fully saturated rings. The minimum Gasteiger partial charge on any atom is -0.496 e. The van der Waals surface area contributed by atoms with E-state index in [0.29, 0.717) is 15.7 Å². The maximum atomic E-state index is 12.2. The van der Waals surface area contributed by atoms with Crippen molar-refractivity contribution in [2.75, 3.05) is 12.4 Å². The van der Waals surface area contributed by atoms with Gasteiger partial charge in [-0.3, -0.25) is 4.79 Å². The van der Waals surface area contributed by atoms with Crippen LogP contribution in [0.3, 0.4) is 0 Å². The number of methoxy groups -OCH3 is 1. The fraction of sp³-hybridized carbons (Fsp3) is 0.143. The molecule has 0 saturated heterocycles. The molecule has 0 aliphatic heterocycles. The lowest BCUT2D eigenvalue weighted by Crippen LogP contribution is -2.13. The molecule has 0 bridgehead atoms. The number of nitrogens with zero attached hydrogens (tertiary/aromatic N) is 1. The first-order chi connectivity index (χ1) is 9.51. The number of nitrogens with one attached hydrogen (secondary N) is 1. The zero-order valence-electron chi connectivity index (χ0n) is 10.9. The molecule has 0 aliphatic rings. The molecular weight excluding hydrogens is 344 g/mol. The first-order valence-electron chi connectivity index (χ1n) is 5.78. The van der Waals surface area contributed by atoms with Crippen LogP contribution < -0.4 is 10.1 Å². The molecule has 1 N–H and O–H groups in total. The van der Waals surface area contributed by atoms with E-state index in [1.54, 1.807) is 25.3 Å². The van der Waals surface area contributed by atoms with E-state index in [4.69, 9.17) is 16.3 Å². The summed E-state index contributed by atoms with van der Waals surface area (Å²) in [5, 5.41) is 2.94. The zero-order valence-corrected chi connectivity index (χ0v) is 13.2. The van der Waals surface area contributed by atoms with E-state index >= 15 is 0 Å². The van der Waals surface area contributed by atoms with Gasteiger partial charge in [0.2, 0.25) is 0 Å². The van der Waals surface area contributed by atoms with Gasteiger partial charge in [0.1, 0.15) is 10.9 Å². The number of halogens is 2. The molecule has 2 aromatic rings. The van der Waals surface area contributed by atoms with Gasteiger partial charge in [0.05, 0.1) is 12.7 Å². The highest BCUT2D eigenvalue weighted by molar-refractivity contribution is 9.10. The summed E-state index contributed by atoms with van der Waals surface area (Å²) < 4.78 is 5.87. The Balaban J connectivity index is 2.23. The fourth-order valence-electron chi connectivity index (χ4n) is 1.74. The third kappa shape index (κ3) is 3.29. The minimum absolute atomic E-state index is 0.163. The number of ether oxygens (including phenoxy) is 1. The molecule has 2 rings (SSSR count). The van der Waals surface area contributed by atoms with Gasteiger partial charge in [0.25, 0.3) is 5.91 Å². The predicted octanol–water partition coefficient (Wildman–Crippen LogP) is 4.07. The quantitative estimate of drug-likeness (QED) is 0.845. The summed E-state index contributed by atoms with van der Waals surface area (Å²) in [6, 6.07) is 7.02. The highest BCUT2D eigenvalue weighted by Crippen LogP contribution is 2.23. The number of hydrogen-bond acceptors (Lipinski definition) is 3. The molecule has 1 aromatic carbocycles. The summed E-state index contributed by atoms with van der Waals surface area (Å²) >= 11 is 9.19. The molecule has 1 amide bonds. The largest absolute Gasteiger partial charge is 0.496 e. The van der Waals surface area contributed by atoms with Crippen LogP contribution >= 0.6 is 27.5 Å². The lowest BCUT2D eigenvalue weighted by molar-refractivity contribution is 0.102. The van der Waals surface area contributed by atoms with Gasteiger partial charge >= 0.3 is 0 Å². The molecule has 6 heteroatoms. The number of hydrogen-bond donors (Lipinski definition) is 1. The number of aromatic nitrogens is 1. The minimum atomic E-state index is -0.312. The number of pyridine rings is 1. The smallest absolute Gasteiger partial charge is 0.258 e. The van der Waals surface area contributed by atoms with Crippen LogP contribution in [-0.4, -0.2) is 18.0 Å². The summed E-state index contributed by atoms with van der Waals surface area (Å²) in [5.41, 5.74) is 1.92. The molecule has 0 unspecified atom stereocenters. The summed E-state index contributed by atoms with van der Waals surface area (Å²) in [4.78, 5) is 16.1. The van der Waals surface area contributed by atoms with Crippen LogP contribution in [0.25, 0.3) is 0 Å².